The fourth-order valence-electron chi connectivity index (χ4n) is 2.76. The minimum Gasteiger partial charge on any atom is -0.497 e. The molecule has 1 N–H and O–H groups in total. The van der Waals surface area contributed by atoms with Crippen molar-refractivity contribution in [1.82, 2.24) is 9.80 Å². The molecule has 0 aromatic heterocycles. The minimum absolute atomic E-state index is 0.0399. The Labute approximate surface area is 130 Å². The van der Waals surface area contributed by atoms with Crippen LogP contribution >= 0.6 is 0 Å². The number of ether oxygens (including phenoxy) is 1. The van der Waals surface area contributed by atoms with Gasteiger partial charge in [0.2, 0.25) is 0 Å². The number of nitrogens with zero attached hydrogens (tertiary/aromatic N) is 2. The van der Waals surface area contributed by atoms with Crippen LogP contribution in [-0.2, 0) is 4.79 Å². The van der Waals surface area contributed by atoms with Crippen LogP contribution in [0, 0.1) is 0 Å². The fourth-order valence-corrected chi connectivity index (χ4v) is 2.76. The minimum atomic E-state index is -0.796. The number of hydrogen-bond acceptors (Lipinski definition) is 4. The molecule has 22 heavy (non-hydrogen) atoms. The zero-order chi connectivity index (χ0) is 16.1. The van der Waals surface area contributed by atoms with Gasteiger partial charge in [0.1, 0.15) is 11.8 Å². The molecule has 1 unspecified atom stereocenters. The van der Waals surface area contributed by atoms with Crippen LogP contribution in [-0.4, -0.2) is 66.1 Å². The Hall–Kier alpha value is -2.08. The summed E-state index contributed by atoms with van der Waals surface area (Å²) in [6, 6.07) is 6.62. The van der Waals surface area contributed by atoms with E-state index in [1.807, 2.05) is 11.8 Å². The van der Waals surface area contributed by atoms with E-state index in [0.29, 0.717) is 43.9 Å². The van der Waals surface area contributed by atoms with Gasteiger partial charge in [0, 0.05) is 31.7 Å². The van der Waals surface area contributed by atoms with E-state index in [1.54, 1.807) is 36.3 Å². The Balaban J connectivity index is 1.99. The summed E-state index contributed by atoms with van der Waals surface area (Å²) in [5.74, 6) is -0.182. The molecular weight excluding hydrogens is 284 g/mol. The molecule has 1 saturated heterocycles. The van der Waals surface area contributed by atoms with Crippen molar-refractivity contribution in [2.45, 2.75) is 19.4 Å². The summed E-state index contributed by atoms with van der Waals surface area (Å²) < 4.78 is 5.14. The Morgan fingerprint density at radius 1 is 1.27 bits per heavy atom. The largest absolute Gasteiger partial charge is 0.497 e. The summed E-state index contributed by atoms with van der Waals surface area (Å²) in [6.07, 6.45) is 0.569. The number of carboxylic acids is 1. The maximum absolute atomic E-state index is 12.5. The molecule has 1 heterocycles. The van der Waals surface area contributed by atoms with Crippen molar-refractivity contribution in [2.75, 3.05) is 33.3 Å². The molecule has 0 radical (unpaired) electrons. The zero-order valence-corrected chi connectivity index (χ0v) is 13.0. The highest BCUT2D eigenvalue weighted by molar-refractivity contribution is 5.94. The second kappa shape index (κ2) is 7.26. The Kier molecular flexibility index (Phi) is 5.38. The van der Waals surface area contributed by atoms with Gasteiger partial charge >= 0.3 is 5.97 Å². The number of rotatable bonds is 5. The number of aliphatic carboxylic acids is 1. The van der Waals surface area contributed by atoms with Gasteiger partial charge in [-0.05, 0) is 24.6 Å². The van der Waals surface area contributed by atoms with Gasteiger partial charge in [-0.1, -0.05) is 13.0 Å². The quantitative estimate of drug-likeness (QED) is 0.888. The second-order valence-electron chi connectivity index (χ2n) is 5.32. The zero-order valence-electron chi connectivity index (χ0n) is 13.0. The van der Waals surface area contributed by atoms with E-state index >= 15 is 0 Å². The van der Waals surface area contributed by atoms with Gasteiger partial charge in [0.15, 0.2) is 0 Å². The van der Waals surface area contributed by atoms with E-state index in [1.165, 1.54) is 0 Å². The number of piperazine rings is 1. The topological polar surface area (TPSA) is 70.1 Å². The first-order valence-electron chi connectivity index (χ1n) is 7.47. The summed E-state index contributed by atoms with van der Waals surface area (Å²) in [6.45, 7) is 4.12. The predicted octanol–water partition coefficient (Wildman–Crippen LogP) is 1.32. The summed E-state index contributed by atoms with van der Waals surface area (Å²) in [5, 5.41) is 9.20. The van der Waals surface area contributed by atoms with E-state index in [9.17, 15) is 14.7 Å². The molecule has 1 aromatic rings. The average Bonchev–Trinajstić information content (AvgIpc) is 2.55. The highest BCUT2D eigenvalue weighted by atomic mass is 16.5. The molecule has 1 amide bonds. The van der Waals surface area contributed by atoms with Crippen molar-refractivity contribution in [2.24, 2.45) is 0 Å². The van der Waals surface area contributed by atoms with Crippen molar-refractivity contribution < 1.29 is 19.4 Å². The van der Waals surface area contributed by atoms with E-state index < -0.39 is 12.0 Å². The molecule has 0 spiro atoms. The van der Waals surface area contributed by atoms with Crippen LogP contribution in [0.2, 0.25) is 0 Å². The Morgan fingerprint density at radius 2 is 1.95 bits per heavy atom. The highest BCUT2D eigenvalue weighted by Gasteiger charge is 2.29. The number of benzene rings is 1. The number of amides is 1. The van der Waals surface area contributed by atoms with Gasteiger partial charge in [0.25, 0.3) is 5.91 Å². The predicted molar refractivity (Wildman–Crippen MR) is 82.2 cm³/mol. The molecule has 2 rings (SSSR count). The van der Waals surface area contributed by atoms with Crippen LogP contribution in [0.1, 0.15) is 23.7 Å². The molecule has 1 fully saturated rings. The third kappa shape index (κ3) is 3.57. The average molecular weight is 306 g/mol. The van der Waals surface area contributed by atoms with Crippen molar-refractivity contribution in [1.29, 1.82) is 0 Å². The second-order valence-corrected chi connectivity index (χ2v) is 5.32. The van der Waals surface area contributed by atoms with Crippen LogP contribution in [0.3, 0.4) is 0 Å². The van der Waals surface area contributed by atoms with Crippen LogP contribution in [0.4, 0.5) is 0 Å². The molecule has 1 aliphatic rings. The lowest BCUT2D eigenvalue weighted by Crippen LogP contribution is -2.53. The molecule has 1 aromatic carbocycles. The smallest absolute Gasteiger partial charge is 0.320 e. The van der Waals surface area contributed by atoms with E-state index in [2.05, 4.69) is 0 Å². The lowest BCUT2D eigenvalue weighted by Gasteiger charge is -2.37. The standard InChI is InChI=1S/C16H22N2O4/c1-3-14(16(20)21)17-7-9-18(10-8-17)15(19)12-5-4-6-13(11-12)22-2/h4-6,11,14H,3,7-10H2,1-2H3,(H,20,21). The van der Waals surface area contributed by atoms with E-state index in [0.717, 1.165) is 0 Å². The van der Waals surface area contributed by atoms with Crippen molar-refractivity contribution in [3.8, 4) is 5.75 Å². The number of methoxy groups -OCH3 is 1. The van der Waals surface area contributed by atoms with Crippen LogP contribution in [0.25, 0.3) is 0 Å². The van der Waals surface area contributed by atoms with Gasteiger partial charge in [0.05, 0.1) is 7.11 Å². The van der Waals surface area contributed by atoms with Crippen LogP contribution in [0.5, 0.6) is 5.75 Å². The molecule has 0 bridgehead atoms. The normalized spacial score (nSPS) is 17.1. The van der Waals surface area contributed by atoms with Gasteiger partial charge in [-0.15, -0.1) is 0 Å². The molecule has 0 saturated carbocycles. The third-order valence-corrected chi connectivity index (χ3v) is 4.03. The summed E-state index contributed by atoms with van der Waals surface area (Å²) in [7, 11) is 1.57. The molecule has 1 atom stereocenters. The Bertz CT molecular complexity index is 539. The molecular formula is C16H22N2O4. The van der Waals surface area contributed by atoms with E-state index in [-0.39, 0.29) is 5.91 Å². The monoisotopic (exact) mass is 306 g/mol. The molecule has 1 aliphatic heterocycles. The third-order valence-electron chi connectivity index (χ3n) is 4.03. The maximum Gasteiger partial charge on any atom is 0.320 e. The van der Waals surface area contributed by atoms with Gasteiger partial charge in [-0.2, -0.15) is 0 Å². The fraction of sp³-hybridized carbons (Fsp3) is 0.500. The highest BCUT2D eigenvalue weighted by Crippen LogP contribution is 2.16. The van der Waals surface area contributed by atoms with Crippen molar-refractivity contribution in [3.63, 3.8) is 0 Å². The van der Waals surface area contributed by atoms with Gasteiger partial charge in [-0.3, -0.25) is 14.5 Å². The Morgan fingerprint density at radius 3 is 2.50 bits per heavy atom. The number of carbonyl (C=O) groups excluding carboxylic acids is 1. The first-order chi connectivity index (χ1) is 10.6. The first kappa shape index (κ1) is 16.3. The number of carboxylic acid groups (broad SMARTS) is 1. The summed E-state index contributed by atoms with van der Waals surface area (Å²) in [5.41, 5.74) is 0.595. The first-order valence-corrected chi connectivity index (χ1v) is 7.47. The SMILES string of the molecule is CCC(C(=O)O)N1CCN(C(=O)c2cccc(OC)c2)CC1. The molecule has 0 aliphatic carbocycles. The van der Waals surface area contributed by atoms with Gasteiger partial charge in [-0.25, -0.2) is 0 Å². The van der Waals surface area contributed by atoms with E-state index in [4.69, 9.17) is 4.74 Å². The number of hydrogen-bond donors (Lipinski definition) is 1. The summed E-state index contributed by atoms with van der Waals surface area (Å²) in [4.78, 5) is 27.4. The lowest BCUT2D eigenvalue weighted by atomic mass is 10.1. The number of carbonyl (C=O) groups is 2. The van der Waals surface area contributed by atoms with Crippen LogP contribution in [0.15, 0.2) is 24.3 Å². The van der Waals surface area contributed by atoms with Crippen molar-refractivity contribution in [3.05, 3.63) is 29.8 Å². The maximum atomic E-state index is 12.5. The van der Waals surface area contributed by atoms with Gasteiger partial charge < -0.3 is 14.7 Å². The summed E-state index contributed by atoms with van der Waals surface area (Å²) >= 11 is 0. The molecule has 120 valence electrons. The van der Waals surface area contributed by atoms with Crippen LogP contribution < -0.4 is 4.74 Å². The lowest BCUT2D eigenvalue weighted by molar-refractivity contribution is -0.144. The molecule has 6 nitrogen and oxygen atoms in total. The van der Waals surface area contributed by atoms with Crippen molar-refractivity contribution >= 4 is 11.9 Å². The molecule has 6 heteroatoms.